The van der Waals surface area contributed by atoms with Gasteiger partial charge in [0.25, 0.3) is 0 Å². The number of benzene rings is 1. The second-order valence-corrected chi connectivity index (χ2v) is 8.18. The van der Waals surface area contributed by atoms with Gasteiger partial charge in [-0.15, -0.1) is 5.10 Å². The van der Waals surface area contributed by atoms with Crippen LogP contribution in [0.3, 0.4) is 0 Å². The summed E-state index contributed by atoms with van der Waals surface area (Å²) in [6, 6.07) is 6.86. The molecule has 0 radical (unpaired) electrons. The fourth-order valence-electron chi connectivity index (χ4n) is 2.99. The molecule has 2 heterocycles. The van der Waals surface area contributed by atoms with Crippen molar-refractivity contribution in [3.63, 3.8) is 0 Å². The van der Waals surface area contributed by atoms with Crippen LogP contribution in [0.2, 0.25) is 0 Å². The van der Waals surface area contributed by atoms with E-state index in [2.05, 4.69) is 15.5 Å². The van der Waals surface area contributed by atoms with E-state index in [4.69, 9.17) is 4.74 Å². The first kappa shape index (κ1) is 15.7. The topological polar surface area (TPSA) is 90.2 Å². The van der Waals surface area contributed by atoms with Crippen molar-refractivity contribution in [3.8, 4) is 5.69 Å². The van der Waals surface area contributed by atoms with Crippen LogP contribution < -0.4 is 0 Å². The highest BCUT2D eigenvalue weighted by Crippen LogP contribution is 2.34. The van der Waals surface area contributed by atoms with Crippen molar-refractivity contribution >= 4 is 10.0 Å². The van der Waals surface area contributed by atoms with Gasteiger partial charge in [0.2, 0.25) is 10.0 Å². The van der Waals surface area contributed by atoms with E-state index in [1.807, 2.05) is 0 Å². The molecule has 24 heavy (non-hydrogen) atoms. The van der Waals surface area contributed by atoms with Crippen molar-refractivity contribution in [2.75, 3.05) is 19.8 Å². The lowest BCUT2D eigenvalue weighted by molar-refractivity contribution is 0.180. The summed E-state index contributed by atoms with van der Waals surface area (Å²) in [5.41, 5.74) is 0.626. The lowest BCUT2D eigenvalue weighted by Gasteiger charge is -2.24. The summed E-state index contributed by atoms with van der Waals surface area (Å²) >= 11 is 0. The SMILES string of the molecule is O=S(=O)(c1cccc(-n2cnnn2)c1)N(CC1CCOC1)C1CC1. The zero-order valence-corrected chi connectivity index (χ0v) is 14.0. The number of hydrogen-bond donors (Lipinski definition) is 0. The fraction of sp³-hybridized carbons (Fsp3) is 0.533. The van der Waals surface area contributed by atoms with Crippen molar-refractivity contribution in [1.82, 2.24) is 24.5 Å². The third-order valence-electron chi connectivity index (χ3n) is 4.45. The second kappa shape index (κ2) is 6.23. The lowest BCUT2D eigenvalue weighted by atomic mass is 10.1. The van der Waals surface area contributed by atoms with Gasteiger partial charge in [-0.3, -0.25) is 0 Å². The molecule has 0 N–H and O–H groups in total. The molecule has 1 aromatic heterocycles. The van der Waals surface area contributed by atoms with Crippen LogP contribution in [0, 0.1) is 5.92 Å². The Kier molecular flexibility index (Phi) is 4.07. The Bertz CT molecular complexity index is 798. The molecule has 1 atom stereocenters. The van der Waals surface area contributed by atoms with Gasteiger partial charge in [-0.05, 0) is 53.8 Å². The molecule has 4 rings (SSSR count). The summed E-state index contributed by atoms with van der Waals surface area (Å²) in [5, 5.41) is 11.0. The molecule has 1 saturated carbocycles. The summed E-state index contributed by atoms with van der Waals surface area (Å²) in [7, 11) is -3.54. The van der Waals surface area contributed by atoms with Crippen LogP contribution in [0.5, 0.6) is 0 Å². The van der Waals surface area contributed by atoms with Crippen molar-refractivity contribution in [2.24, 2.45) is 5.92 Å². The first-order valence-electron chi connectivity index (χ1n) is 8.07. The summed E-state index contributed by atoms with van der Waals surface area (Å²) in [4.78, 5) is 0.279. The van der Waals surface area contributed by atoms with E-state index < -0.39 is 10.0 Å². The summed E-state index contributed by atoms with van der Waals surface area (Å²) in [6.07, 6.45) is 4.22. The van der Waals surface area contributed by atoms with Crippen LogP contribution in [0.25, 0.3) is 5.69 Å². The molecule has 0 spiro atoms. The van der Waals surface area contributed by atoms with Gasteiger partial charge in [-0.2, -0.15) is 4.31 Å². The number of aromatic nitrogens is 4. The quantitative estimate of drug-likeness (QED) is 0.768. The maximum absolute atomic E-state index is 13.1. The Hall–Kier alpha value is -1.84. The first-order chi connectivity index (χ1) is 11.6. The van der Waals surface area contributed by atoms with Crippen LogP contribution >= 0.6 is 0 Å². The number of sulfonamides is 1. The molecule has 0 amide bonds. The fourth-order valence-corrected chi connectivity index (χ4v) is 4.79. The molecule has 1 unspecified atom stereocenters. The average Bonchev–Trinajstić information content (AvgIpc) is 3.06. The van der Waals surface area contributed by atoms with E-state index in [0.29, 0.717) is 18.8 Å². The van der Waals surface area contributed by atoms with E-state index in [0.717, 1.165) is 25.9 Å². The minimum Gasteiger partial charge on any atom is -0.381 e. The Morgan fingerprint density at radius 2 is 2.17 bits per heavy atom. The number of nitrogens with zero attached hydrogens (tertiary/aromatic N) is 5. The smallest absolute Gasteiger partial charge is 0.243 e. The predicted octanol–water partition coefficient (Wildman–Crippen LogP) is 0.852. The van der Waals surface area contributed by atoms with E-state index in [-0.39, 0.29) is 16.9 Å². The minimum absolute atomic E-state index is 0.118. The van der Waals surface area contributed by atoms with Crippen LogP contribution in [-0.4, -0.2) is 58.7 Å². The average molecular weight is 349 g/mol. The highest BCUT2D eigenvalue weighted by Gasteiger charge is 2.39. The molecule has 9 heteroatoms. The second-order valence-electron chi connectivity index (χ2n) is 6.29. The van der Waals surface area contributed by atoms with Crippen molar-refractivity contribution < 1.29 is 13.2 Å². The van der Waals surface area contributed by atoms with Crippen molar-refractivity contribution in [3.05, 3.63) is 30.6 Å². The Morgan fingerprint density at radius 1 is 1.29 bits per heavy atom. The third-order valence-corrected chi connectivity index (χ3v) is 6.37. The maximum atomic E-state index is 13.1. The highest BCUT2D eigenvalue weighted by atomic mass is 32.2. The van der Waals surface area contributed by atoms with Gasteiger partial charge in [0.05, 0.1) is 17.2 Å². The largest absolute Gasteiger partial charge is 0.381 e. The Balaban J connectivity index is 1.64. The van der Waals surface area contributed by atoms with E-state index in [1.165, 1.54) is 11.0 Å². The molecule has 0 bridgehead atoms. The summed E-state index contributed by atoms with van der Waals surface area (Å²) in [6.45, 7) is 1.89. The monoisotopic (exact) mass is 349 g/mol. The molecular formula is C15H19N5O3S. The zero-order chi connectivity index (χ0) is 16.6. The molecule has 8 nitrogen and oxygen atoms in total. The van der Waals surface area contributed by atoms with Gasteiger partial charge in [-0.25, -0.2) is 13.1 Å². The van der Waals surface area contributed by atoms with Crippen molar-refractivity contribution in [2.45, 2.75) is 30.2 Å². The van der Waals surface area contributed by atoms with E-state index in [9.17, 15) is 8.42 Å². The van der Waals surface area contributed by atoms with Crippen LogP contribution in [0.15, 0.2) is 35.5 Å². The normalized spacial score (nSPS) is 21.5. The van der Waals surface area contributed by atoms with Crippen LogP contribution in [0.1, 0.15) is 19.3 Å². The molecule has 2 aliphatic rings. The number of tetrazole rings is 1. The van der Waals surface area contributed by atoms with Gasteiger partial charge in [0, 0.05) is 19.2 Å². The van der Waals surface area contributed by atoms with Crippen LogP contribution in [0.4, 0.5) is 0 Å². The van der Waals surface area contributed by atoms with E-state index >= 15 is 0 Å². The molecule has 2 aromatic rings. The summed E-state index contributed by atoms with van der Waals surface area (Å²) < 4.78 is 34.8. The predicted molar refractivity (Wildman–Crippen MR) is 85.0 cm³/mol. The minimum atomic E-state index is -3.54. The molecule has 2 fully saturated rings. The zero-order valence-electron chi connectivity index (χ0n) is 13.2. The number of hydrogen-bond acceptors (Lipinski definition) is 6. The van der Waals surface area contributed by atoms with Crippen molar-refractivity contribution in [1.29, 1.82) is 0 Å². The van der Waals surface area contributed by atoms with E-state index in [1.54, 1.807) is 28.6 Å². The van der Waals surface area contributed by atoms with Crippen LogP contribution in [-0.2, 0) is 14.8 Å². The number of rotatable bonds is 6. The number of ether oxygens (including phenoxy) is 1. The molecule has 1 saturated heterocycles. The standard InChI is InChI=1S/C15H19N5O3S/c21-24(22,20(13-4-5-13)9-12-6-7-23-10-12)15-3-1-2-14(8-15)19-11-16-17-18-19/h1-3,8,11-13H,4-7,9-10H2. The first-order valence-corrected chi connectivity index (χ1v) is 9.51. The maximum Gasteiger partial charge on any atom is 0.243 e. The van der Waals surface area contributed by atoms with Gasteiger partial charge >= 0.3 is 0 Å². The third kappa shape index (κ3) is 3.06. The highest BCUT2D eigenvalue weighted by molar-refractivity contribution is 7.89. The summed E-state index contributed by atoms with van der Waals surface area (Å²) in [5.74, 6) is 0.281. The lowest BCUT2D eigenvalue weighted by Crippen LogP contribution is -2.37. The Labute approximate surface area is 140 Å². The van der Waals surface area contributed by atoms with Gasteiger partial charge in [0.15, 0.2) is 0 Å². The molecule has 1 aromatic carbocycles. The van der Waals surface area contributed by atoms with Gasteiger partial charge in [-0.1, -0.05) is 6.07 Å². The molecule has 128 valence electrons. The van der Waals surface area contributed by atoms with Gasteiger partial charge in [0.1, 0.15) is 6.33 Å². The van der Waals surface area contributed by atoms with Gasteiger partial charge < -0.3 is 4.74 Å². The Morgan fingerprint density at radius 3 is 2.83 bits per heavy atom. The molecule has 1 aliphatic carbocycles. The molecular weight excluding hydrogens is 330 g/mol. The molecule has 1 aliphatic heterocycles.